The van der Waals surface area contributed by atoms with Gasteiger partial charge in [-0.3, -0.25) is 4.79 Å². The first-order chi connectivity index (χ1) is 10.8. The van der Waals surface area contributed by atoms with Gasteiger partial charge in [-0.1, -0.05) is 37.9 Å². The normalized spacial score (nSPS) is 14.5. The van der Waals surface area contributed by atoms with Crippen LogP contribution >= 0.6 is 11.6 Å². The molecule has 0 bridgehead atoms. The summed E-state index contributed by atoms with van der Waals surface area (Å²) < 4.78 is 9.93. The van der Waals surface area contributed by atoms with Crippen molar-refractivity contribution >= 4 is 23.5 Å². The van der Waals surface area contributed by atoms with Crippen molar-refractivity contribution in [2.75, 3.05) is 14.2 Å². The highest BCUT2D eigenvalue weighted by molar-refractivity contribution is 6.31. The van der Waals surface area contributed by atoms with Crippen molar-refractivity contribution in [3.63, 3.8) is 0 Å². The molecule has 1 aromatic rings. The summed E-state index contributed by atoms with van der Waals surface area (Å²) in [5, 5.41) is 3.24. The molecule has 0 radical (unpaired) electrons. The lowest BCUT2D eigenvalue weighted by Gasteiger charge is -2.33. The molecule has 1 rings (SSSR count). The maximum Gasteiger partial charge on any atom is 0.331 e. The van der Waals surface area contributed by atoms with Gasteiger partial charge in [0, 0.05) is 5.02 Å². The second-order valence-electron chi connectivity index (χ2n) is 5.69. The fourth-order valence-corrected chi connectivity index (χ4v) is 2.54. The third kappa shape index (κ3) is 4.61. The average Bonchev–Trinajstić information content (AvgIpc) is 2.54. The Hall–Kier alpha value is -1.75. The van der Waals surface area contributed by atoms with E-state index in [0.717, 1.165) is 6.42 Å². The van der Waals surface area contributed by atoms with E-state index in [1.165, 1.54) is 7.11 Å². The van der Waals surface area contributed by atoms with E-state index in [2.05, 4.69) is 5.32 Å². The lowest BCUT2D eigenvalue weighted by atomic mass is 9.84. The Morgan fingerprint density at radius 3 is 2.48 bits per heavy atom. The third-order valence-electron chi connectivity index (χ3n) is 4.22. The Kier molecular flexibility index (Phi) is 6.88. The van der Waals surface area contributed by atoms with Crippen molar-refractivity contribution in [1.29, 1.82) is 0 Å². The lowest BCUT2D eigenvalue weighted by molar-refractivity contribution is -0.152. The largest absolute Gasteiger partial charge is 0.497 e. The molecule has 0 aliphatic heterocycles. The third-order valence-corrected chi connectivity index (χ3v) is 4.57. The van der Waals surface area contributed by atoms with Crippen LogP contribution < -0.4 is 10.1 Å². The van der Waals surface area contributed by atoms with Gasteiger partial charge in [-0.15, -0.1) is 0 Å². The van der Waals surface area contributed by atoms with Gasteiger partial charge in [0.1, 0.15) is 11.3 Å². The minimum Gasteiger partial charge on any atom is -0.497 e. The number of benzene rings is 1. The van der Waals surface area contributed by atoms with Crippen LogP contribution in [0.2, 0.25) is 5.02 Å². The number of esters is 1. The maximum atomic E-state index is 12.4. The van der Waals surface area contributed by atoms with Gasteiger partial charge >= 0.3 is 5.97 Å². The first-order valence-electron chi connectivity index (χ1n) is 7.50. The summed E-state index contributed by atoms with van der Waals surface area (Å²) in [5.74, 6) is -0.185. The fraction of sp³-hybridized carbons (Fsp3) is 0.529. The minimum atomic E-state index is -1.07. The topological polar surface area (TPSA) is 64.6 Å². The zero-order chi connectivity index (χ0) is 17.6. The molecule has 6 heteroatoms. The van der Waals surface area contributed by atoms with Gasteiger partial charge < -0.3 is 14.8 Å². The Morgan fingerprint density at radius 1 is 1.35 bits per heavy atom. The number of carbonyl (C=O) groups excluding carboxylic acids is 2. The number of amides is 1. The van der Waals surface area contributed by atoms with Crippen LogP contribution in [0.3, 0.4) is 0 Å². The summed E-state index contributed by atoms with van der Waals surface area (Å²) in [4.78, 5) is 24.5. The van der Waals surface area contributed by atoms with Gasteiger partial charge in [-0.2, -0.15) is 0 Å². The summed E-state index contributed by atoms with van der Waals surface area (Å²) in [5.41, 5.74) is -0.402. The van der Waals surface area contributed by atoms with Crippen molar-refractivity contribution in [2.45, 2.75) is 39.2 Å². The quantitative estimate of drug-likeness (QED) is 0.774. The molecule has 1 amide bonds. The predicted octanol–water partition coefficient (Wildman–Crippen LogP) is 2.99. The van der Waals surface area contributed by atoms with Crippen molar-refractivity contribution in [3.05, 3.63) is 28.8 Å². The van der Waals surface area contributed by atoms with Gasteiger partial charge in [0.2, 0.25) is 5.91 Å². The zero-order valence-corrected chi connectivity index (χ0v) is 15.0. The Bertz CT molecular complexity index is 576. The van der Waals surface area contributed by atoms with Crippen molar-refractivity contribution < 1.29 is 19.1 Å². The highest BCUT2D eigenvalue weighted by atomic mass is 35.5. The van der Waals surface area contributed by atoms with Gasteiger partial charge in [-0.25, -0.2) is 4.79 Å². The number of rotatable bonds is 7. The molecule has 5 nitrogen and oxygen atoms in total. The fourth-order valence-electron chi connectivity index (χ4n) is 2.30. The number of ether oxygens (including phenoxy) is 2. The van der Waals surface area contributed by atoms with Gasteiger partial charge in [-0.05, 0) is 30.5 Å². The van der Waals surface area contributed by atoms with Crippen LogP contribution in [-0.4, -0.2) is 31.6 Å². The molecule has 0 saturated carbocycles. The number of nitrogens with one attached hydrogen (secondary N) is 1. The van der Waals surface area contributed by atoms with Crippen LogP contribution in [0, 0.1) is 5.92 Å². The van der Waals surface area contributed by atoms with Crippen molar-refractivity contribution in [1.82, 2.24) is 5.32 Å². The van der Waals surface area contributed by atoms with E-state index in [1.807, 2.05) is 13.8 Å². The monoisotopic (exact) mass is 341 g/mol. The van der Waals surface area contributed by atoms with Crippen molar-refractivity contribution in [3.8, 4) is 5.75 Å². The predicted molar refractivity (Wildman–Crippen MR) is 89.7 cm³/mol. The van der Waals surface area contributed by atoms with Crippen LogP contribution in [0.15, 0.2) is 18.2 Å². The van der Waals surface area contributed by atoms with Crippen LogP contribution in [0.5, 0.6) is 5.75 Å². The van der Waals surface area contributed by atoms with E-state index in [0.29, 0.717) is 16.3 Å². The number of halogens is 1. The average molecular weight is 342 g/mol. The molecule has 128 valence electrons. The number of methoxy groups -OCH3 is 2. The minimum absolute atomic E-state index is 0.0646. The maximum absolute atomic E-state index is 12.4. The molecule has 0 aliphatic rings. The van der Waals surface area contributed by atoms with E-state index >= 15 is 0 Å². The first kappa shape index (κ1) is 19.3. The molecule has 0 aliphatic carbocycles. The summed E-state index contributed by atoms with van der Waals surface area (Å²) in [7, 11) is 2.86. The first-order valence-corrected chi connectivity index (χ1v) is 7.88. The highest BCUT2D eigenvalue weighted by Gasteiger charge is 2.40. The molecule has 0 saturated heterocycles. The van der Waals surface area contributed by atoms with Gasteiger partial charge in [0.05, 0.1) is 20.6 Å². The molecule has 0 spiro atoms. The molecule has 2 unspecified atom stereocenters. The van der Waals surface area contributed by atoms with Crippen molar-refractivity contribution in [2.24, 2.45) is 5.92 Å². The molecule has 1 N–H and O–H groups in total. The molecule has 0 heterocycles. The van der Waals surface area contributed by atoms with E-state index < -0.39 is 11.5 Å². The molecule has 0 fully saturated rings. The zero-order valence-electron chi connectivity index (χ0n) is 14.2. The number of hydrogen-bond acceptors (Lipinski definition) is 4. The Labute approximate surface area is 142 Å². The van der Waals surface area contributed by atoms with E-state index in [-0.39, 0.29) is 18.2 Å². The molecule has 2 atom stereocenters. The summed E-state index contributed by atoms with van der Waals surface area (Å²) in [6, 6.07) is 5.13. The second-order valence-corrected chi connectivity index (χ2v) is 6.09. The van der Waals surface area contributed by atoms with Gasteiger partial charge in [0.25, 0.3) is 0 Å². The van der Waals surface area contributed by atoms with Crippen LogP contribution in [0.4, 0.5) is 0 Å². The van der Waals surface area contributed by atoms with Gasteiger partial charge in [0.15, 0.2) is 0 Å². The highest BCUT2D eigenvalue weighted by Crippen LogP contribution is 2.25. The standard InChI is InChI=1S/C17H24ClNO4/c1-6-11(2)17(3,16(21)23-5)19-15(20)9-12-7-8-13(22-4)10-14(12)18/h7-8,10-11H,6,9H2,1-5H3,(H,19,20). The Morgan fingerprint density at radius 2 is 2.00 bits per heavy atom. The summed E-state index contributed by atoms with van der Waals surface area (Å²) >= 11 is 6.15. The lowest BCUT2D eigenvalue weighted by Crippen LogP contribution is -2.57. The molecular formula is C17H24ClNO4. The Balaban J connectivity index is 2.90. The van der Waals surface area contributed by atoms with E-state index in [4.69, 9.17) is 21.1 Å². The molecule has 0 aromatic heterocycles. The number of hydrogen-bond donors (Lipinski definition) is 1. The molecule has 1 aromatic carbocycles. The SMILES string of the molecule is CCC(C)C(C)(NC(=O)Cc1ccc(OC)cc1Cl)C(=O)OC. The van der Waals surface area contributed by atoms with E-state index in [9.17, 15) is 9.59 Å². The molecular weight excluding hydrogens is 318 g/mol. The van der Waals surface area contributed by atoms with Crippen LogP contribution in [-0.2, 0) is 20.7 Å². The molecule has 23 heavy (non-hydrogen) atoms. The number of carbonyl (C=O) groups is 2. The smallest absolute Gasteiger partial charge is 0.331 e. The van der Waals surface area contributed by atoms with Crippen LogP contribution in [0.25, 0.3) is 0 Å². The summed E-state index contributed by atoms with van der Waals surface area (Å²) in [6.07, 6.45) is 0.807. The van der Waals surface area contributed by atoms with Crippen LogP contribution in [0.1, 0.15) is 32.8 Å². The summed E-state index contributed by atoms with van der Waals surface area (Å²) in [6.45, 7) is 5.54. The second kappa shape index (κ2) is 8.20. The van der Waals surface area contributed by atoms with E-state index in [1.54, 1.807) is 32.2 Å².